The Bertz CT molecular complexity index is 720. The van der Waals surface area contributed by atoms with Gasteiger partial charge in [-0.1, -0.05) is 11.6 Å². The fourth-order valence-electron chi connectivity index (χ4n) is 3.59. The van der Waals surface area contributed by atoms with Crippen LogP contribution in [0.4, 0.5) is 10.5 Å². The molecule has 5 N–H and O–H groups in total. The second kappa shape index (κ2) is 8.67. The van der Waals surface area contributed by atoms with E-state index in [1.165, 1.54) is 0 Å². The van der Waals surface area contributed by atoms with Gasteiger partial charge in [0.1, 0.15) is 5.75 Å². The van der Waals surface area contributed by atoms with Crippen molar-refractivity contribution in [2.75, 3.05) is 38.5 Å². The van der Waals surface area contributed by atoms with Crippen molar-refractivity contribution in [1.82, 2.24) is 15.5 Å². The third-order valence-electron chi connectivity index (χ3n) is 5.06. The molecule has 1 aromatic carbocycles. The van der Waals surface area contributed by atoms with Gasteiger partial charge in [-0.2, -0.15) is 0 Å². The van der Waals surface area contributed by atoms with Crippen LogP contribution in [0.25, 0.3) is 0 Å². The molecule has 2 heterocycles. The van der Waals surface area contributed by atoms with Crippen LogP contribution in [0.15, 0.2) is 6.07 Å². The number of piperidine rings is 1. The Balaban J connectivity index is 1.58. The maximum Gasteiger partial charge on any atom is 0.404 e. The van der Waals surface area contributed by atoms with Gasteiger partial charge in [0.25, 0.3) is 5.91 Å². The van der Waals surface area contributed by atoms with E-state index in [2.05, 4.69) is 15.5 Å². The van der Waals surface area contributed by atoms with Crippen LogP contribution < -0.4 is 21.1 Å². The van der Waals surface area contributed by atoms with E-state index < -0.39 is 6.09 Å². The van der Waals surface area contributed by atoms with Crippen molar-refractivity contribution in [3.8, 4) is 5.75 Å². The molecule has 148 valence electrons. The molecule has 1 aromatic rings. The number of hydrogen-bond donors (Lipinski definition) is 4. The van der Waals surface area contributed by atoms with Crippen LogP contribution in [0.5, 0.6) is 5.75 Å². The number of ether oxygens (including phenoxy) is 1. The van der Waals surface area contributed by atoms with Crippen molar-refractivity contribution in [1.29, 1.82) is 0 Å². The molecule has 1 fully saturated rings. The number of rotatable bonds is 5. The number of hydrogen-bond acceptors (Lipinski definition) is 5. The minimum absolute atomic E-state index is 0.0664. The zero-order valence-electron chi connectivity index (χ0n) is 15.1. The minimum atomic E-state index is -1.01. The second-order valence-corrected chi connectivity index (χ2v) is 7.31. The average molecular weight is 397 g/mol. The van der Waals surface area contributed by atoms with Crippen molar-refractivity contribution in [3.05, 3.63) is 22.2 Å². The standard InChI is InChI=1S/C18H25ClN4O4/c19-14-10-13(16-12(15(14)20)2-1-9-27-16)17(24)22-11-3-6-23(7-4-11)8-5-21-18(25)26/h10-11,21H,1-9,20H2,(H,22,24)(H,25,26). The first-order valence-corrected chi connectivity index (χ1v) is 9.57. The van der Waals surface area contributed by atoms with Gasteiger partial charge < -0.3 is 31.1 Å². The summed E-state index contributed by atoms with van der Waals surface area (Å²) >= 11 is 6.21. The van der Waals surface area contributed by atoms with Crippen LogP contribution in [0.1, 0.15) is 35.2 Å². The lowest BCUT2D eigenvalue weighted by molar-refractivity contribution is 0.0905. The van der Waals surface area contributed by atoms with Crippen molar-refractivity contribution < 1.29 is 19.4 Å². The van der Waals surface area contributed by atoms with E-state index in [-0.39, 0.29) is 11.9 Å². The minimum Gasteiger partial charge on any atom is -0.492 e. The predicted octanol–water partition coefficient (Wildman–Crippen LogP) is 1.71. The van der Waals surface area contributed by atoms with E-state index in [0.717, 1.165) is 44.3 Å². The third-order valence-corrected chi connectivity index (χ3v) is 5.37. The van der Waals surface area contributed by atoms with Gasteiger partial charge in [0.05, 0.1) is 22.9 Å². The van der Waals surface area contributed by atoms with E-state index in [1.807, 2.05) is 0 Å². The lowest BCUT2D eigenvalue weighted by Gasteiger charge is -2.32. The number of nitrogen functional groups attached to an aromatic ring is 1. The molecule has 2 aliphatic heterocycles. The van der Waals surface area contributed by atoms with Crippen molar-refractivity contribution in [2.45, 2.75) is 31.7 Å². The number of halogens is 1. The molecule has 0 saturated carbocycles. The number of fused-ring (bicyclic) bond motifs is 1. The molecule has 0 aliphatic carbocycles. The van der Waals surface area contributed by atoms with Crippen LogP contribution in [0.2, 0.25) is 5.02 Å². The molecule has 8 nitrogen and oxygen atoms in total. The number of nitrogens with two attached hydrogens (primary N) is 1. The molecular weight excluding hydrogens is 372 g/mol. The second-order valence-electron chi connectivity index (χ2n) is 6.90. The van der Waals surface area contributed by atoms with Crippen LogP contribution in [-0.2, 0) is 6.42 Å². The summed E-state index contributed by atoms with van der Waals surface area (Å²) in [4.78, 5) is 25.5. The predicted molar refractivity (Wildman–Crippen MR) is 103 cm³/mol. The van der Waals surface area contributed by atoms with E-state index in [4.69, 9.17) is 27.2 Å². The van der Waals surface area contributed by atoms with Gasteiger partial charge in [0.15, 0.2) is 0 Å². The largest absolute Gasteiger partial charge is 0.492 e. The fraction of sp³-hybridized carbons (Fsp3) is 0.556. The molecule has 2 amide bonds. The monoisotopic (exact) mass is 396 g/mol. The molecule has 0 unspecified atom stereocenters. The molecule has 3 rings (SSSR count). The number of amides is 2. The summed E-state index contributed by atoms with van der Waals surface area (Å²) in [6.07, 6.45) is 2.22. The summed E-state index contributed by atoms with van der Waals surface area (Å²) in [7, 11) is 0. The summed E-state index contributed by atoms with van der Waals surface area (Å²) in [5.74, 6) is 0.360. The topological polar surface area (TPSA) is 117 Å². The first kappa shape index (κ1) is 19.6. The zero-order chi connectivity index (χ0) is 19.4. The van der Waals surface area contributed by atoms with Gasteiger partial charge in [0.2, 0.25) is 0 Å². The molecule has 0 aromatic heterocycles. The number of carbonyl (C=O) groups excluding carboxylic acids is 1. The number of carboxylic acid groups (broad SMARTS) is 1. The Kier molecular flexibility index (Phi) is 6.28. The summed E-state index contributed by atoms with van der Waals surface area (Å²) in [6, 6.07) is 1.65. The van der Waals surface area contributed by atoms with E-state index in [0.29, 0.717) is 41.7 Å². The van der Waals surface area contributed by atoms with Gasteiger partial charge in [0, 0.05) is 37.8 Å². The lowest BCUT2D eigenvalue weighted by Crippen LogP contribution is -2.46. The van der Waals surface area contributed by atoms with Crippen LogP contribution in [0.3, 0.4) is 0 Å². The van der Waals surface area contributed by atoms with Gasteiger partial charge in [-0.15, -0.1) is 0 Å². The highest BCUT2D eigenvalue weighted by molar-refractivity contribution is 6.33. The molecule has 2 aliphatic rings. The quantitative estimate of drug-likeness (QED) is 0.563. The highest BCUT2D eigenvalue weighted by Crippen LogP contribution is 2.38. The summed E-state index contributed by atoms with van der Waals surface area (Å²) in [5.41, 5.74) is 7.79. The molecule has 0 atom stereocenters. The normalized spacial score (nSPS) is 17.7. The lowest BCUT2D eigenvalue weighted by atomic mass is 9.99. The Morgan fingerprint density at radius 3 is 2.81 bits per heavy atom. The van der Waals surface area contributed by atoms with Crippen molar-refractivity contribution in [2.24, 2.45) is 0 Å². The number of nitrogens with zero attached hydrogens (tertiary/aromatic N) is 1. The molecular formula is C18H25ClN4O4. The highest BCUT2D eigenvalue weighted by Gasteiger charge is 2.26. The van der Waals surface area contributed by atoms with E-state index >= 15 is 0 Å². The zero-order valence-corrected chi connectivity index (χ0v) is 15.8. The van der Waals surface area contributed by atoms with Crippen molar-refractivity contribution in [3.63, 3.8) is 0 Å². The molecule has 0 spiro atoms. The Morgan fingerprint density at radius 1 is 1.37 bits per heavy atom. The number of likely N-dealkylation sites (tertiary alicyclic amines) is 1. The molecule has 0 bridgehead atoms. The van der Waals surface area contributed by atoms with Crippen LogP contribution in [-0.4, -0.2) is 60.8 Å². The molecule has 1 saturated heterocycles. The molecule has 0 radical (unpaired) electrons. The number of benzene rings is 1. The summed E-state index contributed by atoms with van der Waals surface area (Å²) in [6.45, 7) is 3.26. The third kappa shape index (κ3) is 4.75. The Labute approximate surface area is 163 Å². The average Bonchev–Trinajstić information content (AvgIpc) is 2.66. The van der Waals surface area contributed by atoms with Gasteiger partial charge >= 0.3 is 6.09 Å². The number of anilines is 1. The Morgan fingerprint density at radius 2 is 2.11 bits per heavy atom. The maximum absolute atomic E-state index is 12.8. The maximum atomic E-state index is 12.8. The smallest absolute Gasteiger partial charge is 0.404 e. The summed E-state index contributed by atoms with van der Waals surface area (Å²) < 4.78 is 5.72. The molecule has 9 heteroatoms. The summed E-state index contributed by atoms with van der Waals surface area (Å²) in [5, 5.41) is 14.4. The van der Waals surface area contributed by atoms with Gasteiger partial charge in [-0.3, -0.25) is 4.79 Å². The Hall–Kier alpha value is -2.19. The van der Waals surface area contributed by atoms with Crippen LogP contribution in [0, 0.1) is 0 Å². The SMILES string of the molecule is Nc1c(Cl)cc(C(=O)NC2CCN(CCNC(=O)O)CC2)c2c1CCCO2. The van der Waals surface area contributed by atoms with Gasteiger partial charge in [-0.05, 0) is 31.7 Å². The van der Waals surface area contributed by atoms with Gasteiger partial charge in [-0.25, -0.2) is 4.79 Å². The van der Waals surface area contributed by atoms with E-state index in [9.17, 15) is 9.59 Å². The van der Waals surface area contributed by atoms with Crippen LogP contribution >= 0.6 is 11.6 Å². The first-order chi connectivity index (χ1) is 13.0. The highest BCUT2D eigenvalue weighted by atomic mass is 35.5. The number of nitrogens with one attached hydrogen (secondary N) is 2. The fourth-order valence-corrected chi connectivity index (χ4v) is 3.81. The number of carbonyl (C=O) groups is 2. The first-order valence-electron chi connectivity index (χ1n) is 9.19. The molecule has 27 heavy (non-hydrogen) atoms. The van der Waals surface area contributed by atoms with E-state index in [1.54, 1.807) is 6.07 Å². The van der Waals surface area contributed by atoms with Crippen molar-refractivity contribution >= 4 is 29.3 Å².